The van der Waals surface area contributed by atoms with E-state index in [9.17, 15) is 10.4 Å². The Labute approximate surface area is 358 Å². The number of aliphatic hydroxyl groups is 1. The maximum absolute atomic E-state index is 9.97. The Balaban J connectivity index is 1.10. The zero-order valence-electron chi connectivity index (χ0n) is 35.0. The van der Waals surface area contributed by atoms with Crippen LogP contribution in [0.4, 0.5) is 11.5 Å². The number of aliphatic hydroxyl groups excluding tert-OH is 1. The number of hydrogen-bond donors (Lipinski definition) is 2. The highest BCUT2D eigenvalue weighted by Gasteiger charge is 2.23. The van der Waals surface area contributed by atoms with Crippen LogP contribution in [0.1, 0.15) is 67.3 Å². The molecule has 0 radical (unpaired) electrons. The van der Waals surface area contributed by atoms with Crippen molar-refractivity contribution >= 4 is 40.7 Å². The Morgan fingerprint density at radius 1 is 1.00 bits per heavy atom. The number of nitrogens with zero attached hydrogens (tertiary/aromatic N) is 6. The van der Waals surface area contributed by atoms with Gasteiger partial charge in [-0.25, -0.2) is 4.98 Å². The first kappa shape index (κ1) is 42.6. The molecule has 5 aromatic rings. The summed E-state index contributed by atoms with van der Waals surface area (Å²) in [5, 5.41) is 24.6. The first-order chi connectivity index (χ1) is 29.1. The van der Waals surface area contributed by atoms with Crippen molar-refractivity contribution in [1.82, 2.24) is 19.8 Å². The van der Waals surface area contributed by atoms with E-state index in [2.05, 4.69) is 101 Å². The topological polar surface area (TPSA) is 119 Å². The van der Waals surface area contributed by atoms with E-state index in [1.807, 2.05) is 37.5 Å². The third-order valence-electron chi connectivity index (χ3n) is 11.7. The van der Waals surface area contributed by atoms with Gasteiger partial charge in [-0.05, 0) is 130 Å². The Bertz CT molecular complexity index is 2460. The lowest BCUT2D eigenvalue weighted by atomic mass is 9.93. The number of β-amino-alcohol motifs (C(OH)–C–C–N with tert-alkyl or cyclic N) is 1. The van der Waals surface area contributed by atoms with Crippen molar-refractivity contribution in [3.8, 4) is 28.7 Å². The van der Waals surface area contributed by atoms with Crippen LogP contribution in [0.25, 0.3) is 22.0 Å². The van der Waals surface area contributed by atoms with Crippen molar-refractivity contribution in [2.75, 3.05) is 31.6 Å². The first-order valence-corrected chi connectivity index (χ1v) is 21.1. The monoisotopic (exact) mass is 823 g/mol. The van der Waals surface area contributed by atoms with E-state index in [1.54, 1.807) is 6.08 Å². The molecule has 0 bridgehead atoms. The van der Waals surface area contributed by atoms with Gasteiger partial charge in [0.1, 0.15) is 36.3 Å². The van der Waals surface area contributed by atoms with Gasteiger partial charge >= 0.3 is 0 Å². The van der Waals surface area contributed by atoms with Gasteiger partial charge in [-0.1, -0.05) is 48.4 Å². The normalized spacial score (nSPS) is 17.8. The summed E-state index contributed by atoms with van der Waals surface area (Å²) in [6.07, 6.45) is 11.1. The van der Waals surface area contributed by atoms with E-state index in [0.717, 1.165) is 93.7 Å². The van der Waals surface area contributed by atoms with Crippen molar-refractivity contribution in [2.24, 2.45) is 4.99 Å². The number of nitrogens with one attached hydrogen (secondary N) is 1. The number of piperidine rings is 1. The van der Waals surface area contributed by atoms with E-state index in [-0.39, 0.29) is 12.7 Å². The number of aromatic nitrogens is 2. The van der Waals surface area contributed by atoms with Crippen LogP contribution >= 0.6 is 11.6 Å². The number of pyridine rings is 2. The third kappa shape index (κ3) is 10.2. The summed E-state index contributed by atoms with van der Waals surface area (Å²) in [5.74, 6) is 1.95. The summed E-state index contributed by atoms with van der Waals surface area (Å²) in [4.78, 5) is 18.0. The van der Waals surface area contributed by atoms with Gasteiger partial charge in [0.05, 0.1) is 16.7 Å². The second-order valence-corrected chi connectivity index (χ2v) is 16.5. The van der Waals surface area contributed by atoms with Crippen LogP contribution in [0.5, 0.6) is 11.5 Å². The number of likely N-dealkylation sites (tertiary alicyclic amines) is 2. The molecule has 3 aromatic carbocycles. The Morgan fingerprint density at radius 2 is 1.82 bits per heavy atom. The SMILES string of the molecule is C=N/C=C(C#N)\C=C(/C)COc1cc(OCc2cccc(-c3cccc(Nc4nccc5cc(CN6CC[C@@H](O)C6)cnc45)c3C)c2C)c(Cl)cc1CN1CCCC[C@H]1C. The average Bonchev–Trinajstić information content (AvgIpc) is 3.65. The van der Waals surface area contributed by atoms with Crippen molar-refractivity contribution in [1.29, 1.82) is 5.26 Å². The second-order valence-electron chi connectivity index (χ2n) is 16.1. The van der Waals surface area contributed by atoms with Crippen LogP contribution < -0.4 is 14.8 Å². The molecule has 10 nitrogen and oxygen atoms in total. The van der Waals surface area contributed by atoms with Gasteiger partial charge in [-0.3, -0.25) is 19.8 Å². The lowest BCUT2D eigenvalue weighted by Gasteiger charge is -2.33. The molecule has 7 rings (SSSR count). The molecule has 2 aliphatic heterocycles. The lowest BCUT2D eigenvalue weighted by molar-refractivity contribution is 0.150. The van der Waals surface area contributed by atoms with Gasteiger partial charge in [0.2, 0.25) is 0 Å². The number of aliphatic imine (C=N–C) groups is 1. The molecule has 0 saturated carbocycles. The van der Waals surface area contributed by atoms with E-state index in [0.29, 0.717) is 47.1 Å². The van der Waals surface area contributed by atoms with Gasteiger partial charge in [-0.15, -0.1) is 0 Å². The molecule has 0 aliphatic carbocycles. The van der Waals surface area contributed by atoms with Crippen molar-refractivity contribution in [3.63, 3.8) is 0 Å². The molecule has 2 atom stereocenters. The molecule has 2 saturated heterocycles. The van der Waals surface area contributed by atoms with Crippen LogP contribution in [0, 0.1) is 25.2 Å². The van der Waals surface area contributed by atoms with Crippen molar-refractivity contribution in [2.45, 2.75) is 85.2 Å². The second kappa shape index (κ2) is 19.7. The molecule has 2 aliphatic rings. The van der Waals surface area contributed by atoms with Gasteiger partial charge in [-0.2, -0.15) is 5.26 Å². The summed E-state index contributed by atoms with van der Waals surface area (Å²) < 4.78 is 12.9. The Morgan fingerprint density at radius 3 is 2.58 bits per heavy atom. The number of anilines is 2. The predicted octanol–water partition coefficient (Wildman–Crippen LogP) is 10.3. The number of rotatable bonds is 15. The minimum Gasteiger partial charge on any atom is -0.489 e. The van der Waals surface area contributed by atoms with Crippen LogP contribution in [0.2, 0.25) is 5.02 Å². The molecule has 60 heavy (non-hydrogen) atoms. The molecule has 2 fully saturated rings. The highest BCUT2D eigenvalue weighted by molar-refractivity contribution is 6.32. The first-order valence-electron chi connectivity index (χ1n) is 20.7. The van der Waals surface area contributed by atoms with E-state index < -0.39 is 0 Å². The highest BCUT2D eigenvalue weighted by Crippen LogP contribution is 2.38. The molecule has 4 heterocycles. The molecule has 0 spiro atoms. The van der Waals surface area contributed by atoms with Crippen molar-refractivity contribution < 1.29 is 14.6 Å². The number of ether oxygens (including phenoxy) is 2. The quantitative estimate of drug-likeness (QED) is 0.0604. The summed E-state index contributed by atoms with van der Waals surface area (Å²) in [7, 11) is 0. The van der Waals surface area contributed by atoms with E-state index >= 15 is 0 Å². The zero-order valence-corrected chi connectivity index (χ0v) is 35.8. The predicted molar refractivity (Wildman–Crippen MR) is 242 cm³/mol. The smallest absolute Gasteiger partial charge is 0.156 e. The summed E-state index contributed by atoms with van der Waals surface area (Å²) in [6, 6.07) is 23.2. The minimum absolute atomic E-state index is 0.249. The van der Waals surface area contributed by atoms with Crippen LogP contribution in [-0.2, 0) is 19.7 Å². The maximum Gasteiger partial charge on any atom is 0.156 e. The summed E-state index contributed by atoms with van der Waals surface area (Å²) >= 11 is 6.96. The molecule has 2 N–H and O–H groups in total. The molecule has 0 amide bonds. The number of hydrogen-bond acceptors (Lipinski definition) is 10. The molecule has 11 heteroatoms. The van der Waals surface area contributed by atoms with Gasteiger partial charge in [0.25, 0.3) is 0 Å². The molecule has 0 unspecified atom stereocenters. The van der Waals surface area contributed by atoms with E-state index in [4.69, 9.17) is 26.1 Å². The van der Waals surface area contributed by atoms with Crippen molar-refractivity contribution in [3.05, 3.63) is 129 Å². The fourth-order valence-corrected chi connectivity index (χ4v) is 8.47. The Kier molecular flexibility index (Phi) is 13.9. The van der Waals surface area contributed by atoms with Crippen LogP contribution in [-0.4, -0.2) is 70.0 Å². The molecular weight excluding hydrogens is 770 g/mol. The largest absolute Gasteiger partial charge is 0.489 e. The summed E-state index contributed by atoms with van der Waals surface area (Å²) in [6.45, 7) is 16.6. The lowest BCUT2D eigenvalue weighted by Crippen LogP contribution is -2.36. The number of fused-ring (bicyclic) bond motifs is 1. The number of halogens is 1. The van der Waals surface area contributed by atoms with Gasteiger partial charge in [0, 0.05) is 73.5 Å². The zero-order chi connectivity index (χ0) is 42.2. The molecular formula is C49H54ClN7O3. The third-order valence-corrected chi connectivity index (χ3v) is 12.0. The fourth-order valence-electron chi connectivity index (χ4n) is 8.23. The fraction of sp³-hybridized carbons (Fsp3) is 0.347. The number of nitriles is 1. The van der Waals surface area contributed by atoms with Crippen LogP contribution in [0.15, 0.2) is 101 Å². The molecule has 2 aromatic heterocycles. The van der Waals surface area contributed by atoms with Gasteiger partial charge < -0.3 is 19.9 Å². The highest BCUT2D eigenvalue weighted by atomic mass is 35.5. The average molecular weight is 824 g/mol. The van der Waals surface area contributed by atoms with E-state index in [1.165, 1.54) is 25.5 Å². The molecule has 310 valence electrons. The number of benzene rings is 3. The van der Waals surface area contributed by atoms with Crippen LogP contribution in [0.3, 0.4) is 0 Å². The minimum atomic E-state index is -0.249. The Hall–Kier alpha value is -5.57. The standard InChI is InChI=1S/C49H54ClN7O3/c1-32(20-36(24-51)25-52-5)30-59-46-23-47(44(50)22-40(46)28-57-18-7-6-10-33(57)2)60-31-39-11-8-12-42(34(39)3)43-13-9-14-45(35(43)4)55-49-48-38(15-17-53-49)21-37(26-54-48)27-56-19-16-41(58)29-56/h8-9,11-15,17,20-23,25-26,33,41,58H,5-7,10,16,18-19,27-31H2,1-4H3,(H,53,55)/b32-20+,36-25+/t33-,41-/m1/s1. The summed E-state index contributed by atoms with van der Waals surface area (Å²) in [5.41, 5.74) is 10.6. The van der Waals surface area contributed by atoms with Gasteiger partial charge in [0.15, 0.2) is 5.82 Å². The maximum atomic E-state index is 9.97. The number of allylic oxidation sites excluding steroid dienone is 2.